The minimum atomic E-state index is -0.213. The molecule has 0 radical (unpaired) electrons. The summed E-state index contributed by atoms with van der Waals surface area (Å²) in [4.78, 5) is 20.3. The molecule has 0 saturated heterocycles. The molecule has 0 aliphatic carbocycles. The third-order valence-electron chi connectivity index (χ3n) is 2.35. The molecule has 1 amide bonds. The first kappa shape index (κ1) is 15.4. The number of rotatable bonds is 7. The molecule has 0 aliphatic heterocycles. The van der Waals surface area contributed by atoms with Crippen molar-refractivity contribution < 1.29 is 9.53 Å². The van der Waals surface area contributed by atoms with Gasteiger partial charge >= 0.3 is 0 Å². The van der Waals surface area contributed by atoms with Gasteiger partial charge in [-0.2, -0.15) is 0 Å². The normalized spacial score (nSPS) is 10.6. The SMILES string of the molecule is COCCNC(=O)c1cc(C)nc(NCC(C)C)n1. The van der Waals surface area contributed by atoms with E-state index in [2.05, 4.69) is 34.4 Å². The molecule has 106 valence electrons. The van der Waals surface area contributed by atoms with Gasteiger partial charge in [-0.15, -0.1) is 0 Å². The van der Waals surface area contributed by atoms with Gasteiger partial charge in [0.2, 0.25) is 5.95 Å². The Morgan fingerprint density at radius 2 is 2.16 bits per heavy atom. The second-order valence-corrected chi connectivity index (χ2v) is 4.74. The standard InChI is InChI=1S/C13H22N4O2/c1-9(2)8-15-13-16-10(3)7-11(17-13)12(18)14-5-6-19-4/h7,9H,5-6,8H2,1-4H3,(H,14,18)(H,15,16,17). The molecule has 19 heavy (non-hydrogen) atoms. The highest BCUT2D eigenvalue weighted by Gasteiger charge is 2.10. The van der Waals surface area contributed by atoms with E-state index in [1.807, 2.05) is 6.92 Å². The van der Waals surface area contributed by atoms with Gasteiger partial charge in [0.1, 0.15) is 5.69 Å². The Labute approximate surface area is 114 Å². The van der Waals surface area contributed by atoms with E-state index < -0.39 is 0 Å². The molecule has 1 heterocycles. The number of nitrogens with one attached hydrogen (secondary N) is 2. The Hall–Kier alpha value is -1.69. The third kappa shape index (κ3) is 5.65. The average Bonchev–Trinajstić information content (AvgIpc) is 2.36. The van der Waals surface area contributed by atoms with Gasteiger partial charge in [-0.1, -0.05) is 13.8 Å². The van der Waals surface area contributed by atoms with Crippen molar-refractivity contribution in [2.45, 2.75) is 20.8 Å². The van der Waals surface area contributed by atoms with Crippen LogP contribution in [0.3, 0.4) is 0 Å². The number of carbonyl (C=O) groups is 1. The van der Waals surface area contributed by atoms with Crippen LogP contribution in [0.5, 0.6) is 0 Å². The second kappa shape index (κ2) is 7.68. The van der Waals surface area contributed by atoms with Crippen LogP contribution in [0.15, 0.2) is 6.07 Å². The fourth-order valence-corrected chi connectivity index (χ4v) is 1.42. The van der Waals surface area contributed by atoms with Crippen molar-refractivity contribution in [1.29, 1.82) is 0 Å². The molecule has 2 N–H and O–H groups in total. The minimum absolute atomic E-state index is 0.213. The molecule has 0 fully saturated rings. The molecular formula is C13H22N4O2. The zero-order valence-corrected chi connectivity index (χ0v) is 12.0. The van der Waals surface area contributed by atoms with Gasteiger partial charge < -0.3 is 15.4 Å². The zero-order chi connectivity index (χ0) is 14.3. The van der Waals surface area contributed by atoms with E-state index >= 15 is 0 Å². The molecule has 0 atom stereocenters. The molecule has 6 nitrogen and oxygen atoms in total. The maximum absolute atomic E-state index is 11.9. The van der Waals surface area contributed by atoms with E-state index in [0.717, 1.165) is 12.2 Å². The number of hydrogen-bond acceptors (Lipinski definition) is 5. The Kier molecular flexibility index (Phi) is 6.21. The molecular weight excluding hydrogens is 244 g/mol. The quantitative estimate of drug-likeness (QED) is 0.726. The first-order valence-corrected chi connectivity index (χ1v) is 6.39. The maximum Gasteiger partial charge on any atom is 0.270 e. The van der Waals surface area contributed by atoms with Gasteiger partial charge in [0.15, 0.2) is 0 Å². The molecule has 0 aromatic carbocycles. The summed E-state index contributed by atoms with van der Waals surface area (Å²) in [5, 5.41) is 5.86. The summed E-state index contributed by atoms with van der Waals surface area (Å²) in [6.07, 6.45) is 0. The van der Waals surface area contributed by atoms with Crippen molar-refractivity contribution in [3.8, 4) is 0 Å². The van der Waals surface area contributed by atoms with Crippen molar-refractivity contribution in [3.63, 3.8) is 0 Å². The van der Waals surface area contributed by atoms with Crippen LogP contribution in [0.4, 0.5) is 5.95 Å². The lowest BCUT2D eigenvalue weighted by molar-refractivity contribution is 0.0932. The topological polar surface area (TPSA) is 76.1 Å². The Bertz CT molecular complexity index is 421. The van der Waals surface area contributed by atoms with Crippen LogP contribution in [0.1, 0.15) is 30.0 Å². The molecule has 1 aromatic rings. The van der Waals surface area contributed by atoms with E-state index in [-0.39, 0.29) is 5.91 Å². The highest BCUT2D eigenvalue weighted by molar-refractivity contribution is 5.92. The molecule has 0 bridgehead atoms. The molecule has 0 unspecified atom stereocenters. The van der Waals surface area contributed by atoms with Crippen LogP contribution < -0.4 is 10.6 Å². The van der Waals surface area contributed by atoms with Crippen LogP contribution in [-0.4, -0.2) is 42.7 Å². The molecule has 0 saturated carbocycles. The van der Waals surface area contributed by atoms with Crippen molar-refractivity contribution in [2.24, 2.45) is 5.92 Å². The highest BCUT2D eigenvalue weighted by Crippen LogP contribution is 2.06. The zero-order valence-electron chi connectivity index (χ0n) is 12.0. The predicted octanol–water partition coefficient (Wildman–Crippen LogP) is 1.23. The largest absolute Gasteiger partial charge is 0.383 e. The van der Waals surface area contributed by atoms with Crippen LogP contribution >= 0.6 is 0 Å². The fraction of sp³-hybridized carbons (Fsp3) is 0.615. The number of hydrogen-bond donors (Lipinski definition) is 2. The van der Waals surface area contributed by atoms with E-state index in [9.17, 15) is 4.79 Å². The summed E-state index contributed by atoms with van der Waals surface area (Å²) >= 11 is 0. The number of methoxy groups -OCH3 is 1. The lowest BCUT2D eigenvalue weighted by Crippen LogP contribution is -2.28. The summed E-state index contributed by atoms with van der Waals surface area (Å²) in [6, 6.07) is 1.67. The van der Waals surface area contributed by atoms with Gasteiger partial charge in [0.05, 0.1) is 6.61 Å². The van der Waals surface area contributed by atoms with Crippen LogP contribution in [-0.2, 0) is 4.74 Å². The predicted molar refractivity (Wildman–Crippen MR) is 74.3 cm³/mol. The lowest BCUT2D eigenvalue weighted by Gasteiger charge is -2.10. The third-order valence-corrected chi connectivity index (χ3v) is 2.35. The average molecular weight is 266 g/mol. The number of amides is 1. The summed E-state index contributed by atoms with van der Waals surface area (Å²) in [5.74, 6) is 0.767. The summed E-state index contributed by atoms with van der Waals surface area (Å²) in [7, 11) is 1.59. The molecule has 1 aromatic heterocycles. The van der Waals surface area contributed by atoms with Crippen LogP contribution in [0.2, 0.25) is 0 Å². The van der Waals surface area contributed by atoms with Gasteiger partial charge in [-0.3, -0.25) is 4.79 Å². The number of nitrogens with zero attached hydrogens (tertiary/aromatic N) is 2. The number of anilines is 1. The van der Waals surface area contributed by atoms with Crippen LogP contribution in [0.25, 0.3) is 0 Å². The number of aromatic nitrogens is 2. The maximum atomic E-state index is 11.9. The lowest BCUT2D eigenvalue weighted by atomic mass is 10.2. The Morgan fingerprint density at radius 3 is 2.79 bits per heavy atom. The number of carbonyl (C=O) groups excluding carboxylic acids is 1. The summed E-state index contributed by atoms with van der Waals surface area (Å²) in [5.41, 5.74) is 1.13. The van der Waals surface area contributed by atoms with Gasteiger partial charge in [0, 0.05) is 25.9 Å². The van der Waals surface area contributed by atoms with E-state index in [0.29, 0.717) is 30.7 Å². The fourth-order valence-electron chi connectivity index (χ4n) is 1.42. The van der Waals surface area contributed by atoms with Crippen molar-refractivity contribution in [2.75, 3.05) is 32.1 Å². The monoisotopic (exact) mass is 266 g/mol. The molecule has 6 heteroatoms. The molecule has 0 spiro atoms. The Balaban J connectivity index is 2.69. The minimum Gasteiger partial charge on any atom is -0.383 e. The number of aryl methyl sites for hydroxylation is 1. The van der Waals surface area contributed by atoms with Crippen molar-refractivity contribution in [3.05, 3.63) is 17.5 Å². The second-order valence-electron chi connectivity index (χ2n) is 4.74. The van der Waals surface area contributed by atoms with Crippen molar-refractivity contribution >= 4 is 11.9 Å². The smallest absolute Gasteiger partial charge is 0.270 e. The highest BCUT2D eigenvalue weighted by atomic mass is 16.5. The first-order valence-electron chi connectivity index (χ1n) is 6.39. The first-order chi connectivity index (χ1) is 9.02. The van der Waals surface area contributed by atoms with E-state index in [1.54, 1.807) is 13.2 Å². The molecule has 0 aliphatic rings. The van der Waals surface area contributed by atoms with Crippen molar-refractivity contribution in [1.82, 2.24) is 15.3 Å². The van der Waals surface area contributed by atoms with E-state index in [4.69, 9.17) is 4.74 Å². The Morgan fingerprint density at radius 1 is 1.42 bits per heavy atom. The number of ether oxygens (including phenoxy) is 1. The summed E-state index contributed by atoms with van der Waals surface area (Å²) < 4.78 is 4.88. The summed E-state index contributed by atoms with van der Waals surface area (Å²) in [6.45, 7) is 7.76. The van der Waals surface area contributed by atoms with E-state index in [1.165, 1.54) is 0 Å². The molecule has 1 rings (SSSR count). The van der Waals surface area contributed by atoms with Gasteiger partial charge in [-0.05, 0) is 18.9 Å². The van der Waals surface area contributed by atoms with Gasteiger partial charge in [0.25, 0.3) is 5.91 Å². The van der Waals surface area contributed by atoms with Crippen LogP contribution in [0, 0.1) is 12.8 Å². The van der Waals surface area contributed by atoms with Gasteiger partial charge in [-0.25, -0.2) is 9.97 Å².